The number of rotatable bonds is 1. The lowest BCUT2D eigenvalue weighted by atomic mass is 9.78. The highest BCUT2D eigenvalue weighted by atomic mass is 35.5. The molecule has 0 unspecified atom stereocenters. The molecule has 2 aromatic rings. The van der Waals surface area contributed by atoms with Crippen molar-refractivity contribution >= 4 is 58.2 Å². The molecule has 0 fully saturated rings. The van der Waals surface area contributed by atoms with Gasteiger partial charge in [0.1, 0.15) is 4.34 Å². The van der Waals surface area contributed by atoms with Gasteiger partial charge in [0.05, 0.1) is 0 Å². The Labute approximate surface area is 95.7 Å². The van der Waals surface area contributed by atoms with E-state index >= 15 is 0 Å². The average Bonchev–Trinajstić information content (AvgIpc) is 2.43. The molecule has 0 aliphatic rings. The second kappa shape index (κ2) is 3.75. The number of halogens is 1. The molecule has 0 aliphatic carbocycles. The van der Waals surface area contributed by atoms with Crippen LogP contribution in [0.15, 0.2) is 23.1 Å². The van der Waals surface area contributed by atoms with E-state index in [2.05, 4.69) is 12.6 Å². The van der Waals surface area contributed by atoms with Crippen LogP contribution in [0.5, 0.6) is 0 Å². The summed E-state index contributed by atoms with van der Waals surface area (Å²) < 4.78 is 1.47. The summed E-state index contributed by atoms with van der Waals surface area (Å²) in [7, 11) is -1.49. The van der Waals surface area contributed by atoms with Crippen molar-refractivity contribution in [2.24, 2.45) is 0 Å². The molecule has 2 N–H and O–H groups in total. The number of fused-ring (bicyclic) bond motifs is 1. The Morgan fingerprint density at radius 3 is 2.71 bits per heavy atom. The summed E-state index contributed by atoms with van der Waals surface area (Å²) in [6.45, 7) is 0. The van der Waals surface area contributed by atoms with Crippen LogP contribution in [0, 0.1) is 0 Å². The van der Waals surface area contributed by atoms with E-state index in [1.165, 1.54) is 11.3 Å². The monoisotopic (exact) mass is 244 g/mol. The Morgan fingerprint density at radius 2 is 2.07 bits per heavy atom. The molecule has 0 atom stereocenters. The first-order valence-corrected chi connectivity index (χ1v) is 5.51. The first-order valence-electron chi connectivity index (χ1n) is 3.87. The SMILES string of the molecule is OB(O)c1cccc2sc(Cl)c(S)c12. The van der Waals surface area contributed by atoms with Gasteiger partial charge in [0.2, 0.25) is 0 Å². The van der Waals surface area contributed by atoms with Crippen LogP contribution in [0.3, 0.4) is 0 Å². The minimum Gasteiger partial charge on any atom is -0.423 e. The van der Waals surface area contributed by atoms with Gasteiger partial charge in [-0.05, 0) is 11.5 Å². The molecule has 0 saturated heterocycles. The quantitative estimate of drug-likeness (QED) is 0.526. The third-order valence-corrected chi connectivity index (χ3v) is 4.05. The van der Waals surface area contributed by atoms with Crippen molar-refractivity contribution in [3.63, 3.8) is 0 Å². The average molecular weight is 245 g/mol. The van der Waals surface area contributed by atoms with Gasteiger partial charge in [-0.25, -0.2) is 0 Å². The fraction of sp³-hybridized carbons (Fsp3) is 0. The zero-order valence-electron chi connectivity index (χ0n) is 6.94. The second-order valence-corrected chi connectivity index (χ2v) is 4.92. The molecular formula is C8H6BClO2S2. The van der Waals surface area contributed by atoms with Crippen LogP contribution in [0.1, 0.15) is 0 Å². The molecule has 0 radical (unpaired) electrons. The van der Waals surface area contributed by atoms with Crippen molar-refractivity contribution in [1.82, 2.24) is 0 Å². The van der Waals surface area contributed by atoms with Crippen molar-refractivity contribution < 1.29 is 10.0 Å². The Morgan fingerprint density at radius 1 is 1.36 bits per heavy atom. The summed E-state index contributed by atoms with van der Waals surface area (Å²) in [6.07, 6.45) is 0. The third-order valence-electron chi connectivity index (χ3n) is 1.96. The van der Waals surface area contributed by atoms with Gasteiger partial charge < -0.3 is 10.0 Å². The van der Waals surface area contributed by atoms with Gasteiger partial charge in [0.25, 0.3) is 0 Å². The van der Waals surface area contributed by atoms with Gasteiger partial charge in [0.15, 0.2) is 0 Å². The van der Waals surface area contributed by atoms with E-state index in [1.54, 1.807) is 12.1 Å². The lowest BCUT2D eigenvalue weighted by molar-refractivity contribution is 0.426. The minimum absolute atomic E-state index is 0.440. The van der Waals surface area contributed by atoms with Crippen LogP contribution in [-0.2, 0) is 0 Å². The molecule has 0 amide bonds. The first kappa shape index (κ1) is 10.3. The van der Waals surface area contributed by atoms with Crippen molar-refractivity contribution in [3.05, 3.63) is 22.5 Å². The molecule has 0 bridgehead atoms. The van der Waals surface area contributed by atoms with E-state index in [0.717, 1.165) is 10.1 Å². The van der Waals surface area contributed by atoms with Gasteiger partial charge in [0, 0.05) is 15.0 Å². The van der Waals surface area contributed by atoms with Gasteiger partial charge in [-0.3, -0.25) is 0 Å². The van der Waals surface area contributed by atoms with Crippen molar-refractivity contribution in [2.75, 3.05) is 0 Å². The molecule has 2 rings (SSSR count). The largest absolute Gasteiger partial charge is 0.489 e. The number of hydrogen-bond acceptors (Lipinski definition) is 4. The molecule has 0 spiro atoms. The maximum atomic E-state index is 9.14. The van der Waals surface area contributed by atoms with Crippen LogP contribution >= 0.6 is 35.6 Å². The van der Waals surface area contributed by atoms with Crippen LogP contribution in [-0.4, -0.2) is 17.2 Å². The van der Waals surface area contributed by atoms with E-state index in [4.69, 9.17) is 21.6 Å². The Balaban J connectivity index is 2.84. The predicted molar refractivity (Wildman–Crippen MR) is 63.9 cm³/mol. The minimum atomic E-state index is -1.49. The summed E-state index contributed by atoms with van der Waals surface area (Å²) in [6, 6.07) is 5.28. The van der Waals surface area contributed by atoms with Gasteiger partial charge in [-0.15, -0.1) is 24.0 Å². The number of benzene rings is 1. The van der Waals surface area contributed by atoms with E-state index in [9.17, 15) is 0 Å². The molecule has 2 nitrogen and oxygen atoms in total. The molecule has 6 heteroatoms. The molecule has 0 saturated carbocycles. The molecule has 1 aromatic heterocycles. The normalized spacial score (nSPS) is 10.9. The third kappa shape index (κ3) is 1.55. The molecule has 72 valence electrons. The van der Waals surface area contributed by atoms with E-state index in [-0.39, 0.29) is 0 Å². The summed E-state index contributed by atoms with van der Waals surface area (Å²) >= 11 is 11.5. The number of thiophene rings is 1. The Kier molecular flexibility index (Phi) is 2.77. The van der Waals surface area contributed by atoms with Crippen molar-refractivity contribution in [3.8, 4) is 0 Å². The fourth-order valence-corrected chi connectivity index (χ4v) is 3.01. The van der Waals surface area contributed by atoms with Gasteiger partial charge in [-0.1, -0.05) is 23.7 Å². The van der Waals surface area contributed by atoms with Crippen molar-refractivity contribution in [1.29, 1.82) is 0 Å². The highest BCUT2D eigenvalue weighted by Crippen LogP contribution is 2.36. The lowest BCUT2D eigenvalue weighted by Crippen LogP contribution is -2.30. The second-order valence-electron chi connectivity index (χ2n) is 2.82. The highest BCUT2D eigenvalue weighted by molar-refractivity contribution is 7.81. The molecular weight excluding hydrogens is 238 g/mol. The van der Waals surface area contributed by atoms with Crippen LogP contribution in [0.4, 0.5) is 0 Å². The highest BCUT2D eigenvalue weighted by Gasteiger charge is 2.18. The van der Waals surface area contributed by atoms with Crippen LogP contribution in [0.2, 0.25) is 4.34 Å². The zero-order valence-corrected chi connectivity index (χ0v) is 9.40. The van der Waals surface area contributed by atoms with Gasteiger partial charge >= 0.3 is 7.12 Å². The molecule has 0 aliphatic heterocycles. The predicted octanol–water partition coefficient (Wildman–Crippen LogP) is 1.52. The van der Waals surface area contributed by atoms with Gasteiger partial charge in [-0.2, -0.15) is 0 Å². The topological polar surface area (TPSA) is 40.5 Å². The standard InChI is InChI=1S/C8H6BClO2S2/c10-8-7(13)6-4(9(11)12)2-1-3-5(6)14-8/h1-3,11-13H. The summed E-state index contributed by atoms with van der Waals surface area (Å²) in [5, 5.41) is 19.0. The maximum absolute atomic E-state index is 9.14. The number of thiol groups is 1. The number of hydrogen-bond donors (Lipinski definition) is 3. The zero-order chi connectivity index (χ0) is 10.3. The summed E-state index contributed by atoms with van der Waals surface area (Å²) in [5.41, 5.74) is 0.440. The van der Waals surface area contributed by atoms with E-state index in [1.807, 2.05) is 6.07 Å². The smallest absolute Gasteiger partial charge is 0.423 e. The molecule has 14 heavy (non-hydrogen) atoms. The van der Waals surface area contributed by atoms with E-state index < -0.39 is 7.12 Å². The van der Waals surface area contributed by atoms with Crippen LogP contribution < -0.4 is 5.46 Å². The lowest BCUT2D eigenvalue weighted by Gasteiger charge is -2.01. The summed E-state index contributed by atoms with van der Waals surface area (Å²) in [5.74, 6) is 0. The van der Waals surface area contributed by atoms with Crippen molar-refractivity contribution in [2.45, 2.75) is 4.90 Å². The maximum Gasteiger partial charge on any atom is 0.489 e. The summed E-state index contributed by atoms with van der Waals surface area (Å²) in [4.78, 5) is 0.607. The fourth-order valence-electron chi connectivity index (χ4n) is 1.34. The first-order chi connectivity index (χ1) is 6.61. The van der Waals surface area contributed by atoms with Crippen LogP contribution in [0.25, 0.3) is 10.1 Å². The molecule has 1 heterocycles. The van der Waals surface area contributed by atoms with E-state index in [0.29, 0.717) is 14.7 Å². The Bertz CT molecular complexity index is 483. The Hall–Kier alpha value is -0.195. The molecule has 1 aromatic carbocycles.